The zero-order valence-corrected chi connectivity index (χ0v) is 10.00. The van der Waals surface area contributed by atoms with Gasteiger partial charge >= 0.3 is 0 Å². The van der Waals surface area contributed by atoms with Crippen molar-refractivity contribution >= 4 is 20.6 Å². The molecule has 0 atom stereocenters. The number of hydrogen-bond acceptors (Lipinski definition) is 2. The van der Waals surface area contributed by atoms with Crippen molar-refractivity contribution in [2.45, 2.75) is 12.7 Å². The minimum Gasteiger partial charge on any atom is -0.229 e. The van der Waals surface area contributed by atoms with Crippen LogP contribution in [0.1, 0.15) is 12.5 Å². The van der Waals surface area contributed by atoms with E-state index in [4.69, 9.17) is 0 Å². The molecule has 0 heterocycles. The molecule has 0 saturated carbocycles. The zero-order valence-electron chi connectivity index (χ0n) is 9.18. The van der Waals surface area contributed by atoms with Crippen molar-refractivity contribution in [1.29, 1.82) is 0 Å². The third kappa shape index (κ3) is 2.42. The fourth-order valence-corrected chi connectivity index (χ4v) is 2.58. The van der Waals surface area contributed by atoms with Gasteiger partial charge in [0.05, 0.1) is 5.75 Å². The predicted octanol–water partition coefficient (Wildman–Crippen LogP) is 2.77. The van der Waals surface area contributed by atoms with Crippen molar-refractivity contribution < 1.29 is 8.42 Å². The fraction of sp³-hybridized carbons (Fsp3) is 0.231. The Balaban J connectivity index is 2.40. The first-order valence-electron chi connectivity index (χ1n) is 5.29. The van der Waals surface area contributed by atoms with Crippen LogP contribution in [0.25, 0.3) is 10.8 Å². The van der Waals surface area contributed by atoms with Crippen molar-refractivity contribution in [1.82, 2.24) is 0 Å². The van der Waals surface area contributed by atoms with E-state index in [0.717, 1.165) is 16.3 Å². The van der Waals surface area contributed by atoms with E-state index in [2.05, 4.69) is 0 Å². The van der Waals surface area contributed by atoms with Gasteiger partial charge in [0.15, 0.2) is 9.84 Å². The summed E-state index contributed by atoms with van der Waals surface area (Å²) in [6.07, 6.45) is 0. The molecule has 0 bridgehead atoms. The van der Waals surface area contributed by atoms with E-state index in [0.29, 0.717) is 0 Å². The van der Waals surface area contributed by atoms with Crippen molar-refractivity contribution in [3.05, 3.63) is 48.0 Å². The van der Waals surface area contributed by atoms with Crippen molar-refractivity contribution in [3.8, 4) is 0 Å². The predicted molar refractivity (Wildman–Crippen MR) is 67.1 cm³/mol. The van der Waals surface area contributed by atoms with Crippen LogP contribution in [-0.4, -0.2) is 14.2 Å². The maximum atomic E-state index is 11.5. The average molecular weight is 234 g/mol. The summed E-state index contributed by atoms with van der Waals surface area (Å²) in [6, 6.07) is 13.8. The minimum atomic E-state index is -2.94. The molecule has 0 fully saturated rings. The first kappa shape index (κ1) is 11.1. The Morgan fingerprint density at radius 1 is 1.00 bits per heavy atom. The Bertz CT molecular complexity index is 600. The summed E-state index contributed by atoms with van der Waals surface area (Å²) < 4.78 is 23.0. The molecule has 2 aromatic rings. The molecule has 0 radical (unpaired) electrons. The van der Waals surface area contributed by atoms with Gasteiger partial charge in [0.2, 0.25) is 0 Å². The molecule has 0 N–H and O–H groups in total. The van der Waals surface area contributed by atoms with Crippen LogP contribution < -0.4 is 0 Å². The van der Waals surface area contributed by atoms with Gasteiger partial charge in [-0.1, -0.05) is 49.4 Å². The van der Waals surface area contributed by atoms with Gasteiger partial charge in [-0.2, -0.15) is 0 Å². The maximum Gasteiger partial charge on any atom is 0.154 e. The standard InChI is InChI=1S/C13H14O2S/c1-2-16(14,15)10-11-7-8-12-5-3-4-6-13(12)9-11/h3-9H,2,10H2,1H3. The van der Waals surface area contributed by atoms with Crippen molar-refractivity contribution in [2.75, 3.05) is 5.75 Å². The first-order valence-corrected chi connectivity index (χ1v) is 7.11. The largest absolute Gasteiger partial charge is 0.229 e. The quantitative estimate of drug-likeness (QED) is 0.818. The highest BCUT2D eigenvalue weighted by molar-refractivity contribution is 7.90. The van der Waals surface area contributed by atoms with Gasteiger partial charge in [-0.05, 0) is 16.3 Å². The van der Waals surface area contributed by atoms with E-state index in [1.54, 1.807) is 6.92 Å². The Kier molecular flexibility index (Phi) is 2.97. The second-order valence-corrected chi connectivity index (χ2v) is 6.21. The van der Waals surface area contributed by atoms with Crippen molar-refractivity contribution in [2.24, 2.45) is 0 Å². The molecular formula is C13H14O2S. The number of sulfone groups is 1. The molecule has 2 nitrogen and oxygen atoms in total. The molecule has 0 saturated heterocycles. The SMILES string of the molecule is CCS(=O)(=O)Cc1ccc2ccccc2c1. The highest BCUT2D eigenvalue weighted by atomic mass is 32.2. The van der Waals surface area contributed by atoms with E-state index in [9.17, 15) is 8.42 Å². The molecule has 2 aromatic carbocycles. The summed E-state index contributed by atoms with van der Waals surface area (Å²) in [5, 5.41) is 2.23. The number of benzene rings is 2. The van der Waals surface area contributed by atoms with Crippen LogP contribution in [-0.2, 0) is 15.6 Å². The second-order valence-electron chi connectivity index (χ2n) is 3.86. The van der Waals surface area contributed by atoms with Gasteiger partial charge in [0.25, 0.3) is 0 Å². The number of hydrogen-bond donors (Lipinski definition) is 0. The third-order valence-electron chi connectivity index (χ3n) is 2.64. The number of fused-ring (bicyclic) bond motifs is 1. The second kappa shape index (κ2) is 4.26. The first-order chi connectivity index (χ1) is 7.61. The van der Waals surface area contributed by atoms with Gasteiger partial charge in [0, 0.05) is 5.75 Å². The molecular weight excluding hydrogens is 220 g/mol. The molecule has 3 heteroatoms. The van der Waals surface area contributed by atoms with Gasteiger partial charge in [0.1, 0.15) is 0 Å². The summed E-state index contributed by atoms with van der Waals surface area (Å²) in [7, 11) is -2.94. The summed E-state index contributed by atoms with van der Waals surface area (Å²) >= 11 is 0. The lowest BCUT2D eigenvalue weighted by molar-refractivity contribution is 0.596. The van der Waals surface area contributed by atoms with Crippen LogP contribution in [0.2, 0.25) is 0 Å². The van der Waals surface area contributed by atoms with Gasteiger partial charge < -0.3 is 0 Å². The normalized spacial score (nSPS) is 11.8. The molecule has 0 unspecified atom stereocenters. The lowest BCUT2D eigenvalue weighted by Crippen LogP contribution is -2.06. The van der Waals surface area contributed by atoms with E-state index >= 15 is 0 Å². The van der Waals surface area contributed by atoms with Gasteiger partial charge in [-0.15, -0.1) is 0 Å². The fourth-order valence-electron chi connectivity index (χ4n) is 1.68. The summed E-state index contributed by atoms with van der Waals surface area (Å²) in [4.78, 5) is 0. The van der Waals surface area contributed by atoms with E-state index in [-0.39, 0.29) is 11.5 Å². The van der Waals surface area contributed by atoms with E-state index < -0.39 is 9.84 Å². The van der Waals surface area contributed by atoms with Crippen LogP contribution in [0.3, 0.4) is 0 Å². The van der Waals surface area contributed by atoms with E-state index in [1.807, 2.05) is 42.5 Å². The van der Waals surface area contributed by atoms with Crippen LogP contribution in [0, 0.1) is 0 Å². The highest BCUT2D eigenvalue weighted by Gasteiger charge is 2.08. The molecule has 0 aliphatic rings. The topological polar surface area (TPSA) is 34.1 Å². The number of rotatable bonds is 3. The Morgan fingerprint density at radius 2 is 1.69 bits per heavy atom. The zero-order chi connectivity index (χ0) is 11.6. The smallest absolute Gasteiger partial charge is 0.154 e. The Labute approximate surface area is 95.8 Å². The molecule has 2 rings (SSSR count). The average Bonchev–Trinajstić information content (AvgIpc) is 2.28. The van der Waals surface area contributed by atoms with E-state index in [1.165, 1.54) is 0 Å². The third-order valence-corrected chi connectivity index (χ3v) is 4.29. The molecule has 0 spiro atoms. The molecule has 0 amide bonds. The van der Waals surface area contributed by atoms with Gasteiger partial charge in [-0.3, -0.25) is 0 Å². The molecule has 0 aromatic heterocycles. The minimum absolute atomic E-state index is 0.133. The Morgan fingerprint density at radius 3 is 2.38 bits per heavy atom. The summed E-state index contributed by atoms with van der Waals surface area (Å²) in [6.45, 7) is 1.68. The Hall–Kier alpha value is -1.35. The highest BCUT2D eigenvalue weighted by Crippen LogP contribution is 2.17. The van der Waals surface area contributed by atoms with Crippen LogP contribution in [0.15, 0.2) is 42.5 Å². The van der Waals surface area contributed by atoms with Crippen LogP contribution >= 0.6 is 0 Å². The molecule has 16 heavy (non-hydrogen) atoms. The summed E-state index contributed by atoms with van der Waals surface area (Å²) in [5.41, 5.74) is 0.862. The summed E-state index contributed by atoms with van der Waals surface area (Å²) in [5.74, 6) is 0.328. The lowest BCUT2D eigenvalue weighted by Gasteiger charge is -2.03. The van der Waals surface area contributed by atoms with Crippen LogP contribution in [0.4, 0.5) is 0 Å². The van der Waals surface area contributed by atoms with Crippen LogP contribution in [0.5, 0.6) is 0 Å². The monoisotopic (exact) mass is 234 g/mol. The molecule has 0 aliphatic heterocycles. The molecule has 0 aliphatic carbocycles. The molecule has 84 valence electrons. The van der Waals surface area contributed by atoms with Crippen molar-refractivity contribution in [3.63, 3.8) is 0 Å². The maximum absolute atomic E-state index is 11.5. The lowest BCUT2D eigenvalue weighted by atomic mass is 10.1. The van der Waals surface area contributed by atoms with Gasteiger partial charge in [-0.25, -0.2) is 8.42 Å².